The molecule has 3 aromatic heterocycles. The first kappa shape index (κ1) is 22.4. The number of pyridine rings is 1. The number of nitrogens with zero attached hydrogens (tertiary/aromatic N) is 4. The summed E-state index contributed by atoms with van der Waals surface area (Å²) < 4.78 is 1.14. The van der Waals surface area contributed by atoms with Crippen LogP contribution in [0.2, 0.25) is 0 Å². The molecule has 0 amide bonds. The molecule has 8 heteroatoms. The molecule has 2 aliphatic carbocycles. The highest BCUT2D eigenvalue weighted by Gasteiger charge is 2.73. The van der Waals surface area contributed by atoms with Gasteiger partial charge in [-0.05, 0) is 63.3 Å². The number of benzene rings is 1. The smallest absolute Gasteiger partial charge is 0.225 e. The highest BCUT2D eigenvalue weighted by Crippen LogP contribution is 2.68. The van der Waals surface area contributed by atoms with E-state index in [1.54, 1.807) is 17.5 Å². The maximum atomic E-state index is 10.6. The van der Waals surface area contributed by atoms with Gasteiger partial charge in [0.1, 0.15) is 10.8 Å². The van der Waals surface area contributed by atoms with Gasteiger partial charge in [-0.3, -0.25) is 4.98 Å². The minimum Gasteiger partial charge on any atom is -0.392 e. The van der Waals surface area contributed by atoms with Crippen LogP contribution in [-0.4, -0.2) is 36.7 Å². The maximum Gasteiger partial charge on any atom is 0.225 e. The van der Waals surface area contributed by atoms with Crippen LogP contribution >= 0.6 is 11.3 Å². The van der Waals surface area contributed by atoms with Gasteiger partial charge in [-0.2, -0.15) is 4.98 Å². The van der Waals surface area contributed by atoms with Crippen LogP contribution in [0.25, 0.3) is 20.8 Å². The first-order valence-electron chi connectivity index (χ1n) is 12.2. The standard InChI is InChI=1S/C27H30N6OS/c1-15-8-7-13-28-19(15)14-29-25-30-16(2)21(24-31-18-9-5-6-10-20(18)35-24)23(32-25)33-26(3)12-11-17-22(34)27(17,26)4/h5-10,13,17,22,34H,11-12,14H2,1-4H3,(H2,29,30,32,33). The maximum absolute atomic E-state index is 10.6. The molecule has 0 aliphatic heterocycles. The van der Waals surface area contributed by atoms with E-state index in [0.717, 1.165) is 56.4 Å². The van der Waals surface area contributed by atoms with Crippen molar-refractivity contribution in [2.24, 2.45) is 11.3 Å². The Balaban J connectivity index is 1.41. The van der Waals surface area contributed by atoms with Crippen LogP contribution < -0.4 is 10.6 Å². The summed E-state index contributed by atoms with van der Waals surface area (Å²) in [5.41, 5.74) is 4.44. The van der Waals surface area contributed by atoms with E-state index in [0.29, 0.717) is 18.4 Å². The molecule has 2 saturated carbocycles. The summed E-state index contributed by atoms with van der Waals surface area (Å²) in [5, 5.41) is 18.7. The van der Waals surface area contributed by atoms with Gasteiger partial charge in [0.05, 0.1) is 39.8 Å². The lowest BCUT2D eigenvalue weighted by atomic mass is 9.84. The number of rotatable bonds is 6. The van der Waals surface area contributed by atoms with E-state index in [9.17, 15) is 5.11 Å². The fraction of sp³-hybridized carbons (Fsp3) is 0.407. The Hall–Kier alpha value is -3.10. The lowest BCUT2D eigenvalue weighted by Gasteiger charge is -2.36. The molecule has 2 fully saturated rings. The zero-order valence-corrected chi connectivity index (χ0v) is 21.3. The number of thiazole rings is 1. The monoisotopic (exact) mass is 486 g/mol. The van der Waals surface area contributed by atoms with Crippen LogP contribution in [0.4, 0.5) is 11.8 Å². The van der Waals surface area contributed by atoms with Crippen LogP contribution in [0, 0.1) is 25.2 Å². The van der Waals surface area contributed by atoms with Crippen molar-refractivity contribution in [2.45, 2.75) is 58.7 Å². The van der Waals surface area contributed by atoms with E-state index in [4.69, 9.17) is 15.0 Å². The second kappa shape index (κ2) is 7.96. The van der Waals surface area contributed by atoms with Gasteiger partial charge >= 0.3 is 0 Å². The molecule has 0 saturated heterocycles. The molecule has 4 unspecified atom stereocenters. The van der Waals surface area contributed by atoms with Crippen molar-refractivity contribution in [3.8, 4) is 10.6 Å². The molecular weight excluding hydrogens is 456 g/mol. The zero-order valence-electron chi connectivity index (χ0n) is 20.5. The Morgan fingerprint density at radius 1 is 1.09 bits per heavy atom. The van der Waals surface area contributed by atoms with Crippen molar-refractivity contribution in [1.29, 1.82) is 0 Å². The van der Waals surface area contributed by atoms with Crippen molar-refractivity contribution in [2.75, 3.05) is 10.6 Å². The number of hydrogen-bond donors (Lipinski definition) is 3. The molecule has 4 atom stereocenters. The third-order valence-electron chi connectivity index (χ3n) is 8.32. The van der Waals surface area contributed by atoms with Crippen LogP contribution in [0.1, 0.15) is 43.6 Å². The molecule has 180 valence electrons. The van der Waals surface area contributed by atoms with Gasteiger partial charge < -0.3 is 15.7 Å². The molecule has 6 rings (SSSR count). The Morgan fingerprint density at radius 2 is 1.91 bits per heavy atom. The summed E-state index contributed by atoms with van der Waals surface area (Å²) in [6, 6.07) is 12.2. The molecule has 4 aromatic rings. The van der Waals surface area contributed by atoms with Gasteiger partial charge in [0.25, 0.3) is 0 Å². The van der Waals surface area contributed by atoms with Crippen LogP contribution in [0.5, 0.6) is 0 Å². The molecular formula is C27H30N6OS. The topological polar surface area (TPSA) is 95.9 Å². The fourth-order valence-electron chi connectivity index (χ4n) is 5.79. The predicted octanol–water partition coefficient (Wildman–Crippen LogP) is 5.34. The van der Waals surface area contributed by atoms with Crippen molar-refractivity contribution in [3.05, 3.63) is 59.5 Å². The summed E-state index contributed by atoms with van der Waals surface area (Å²) in [7, 11) is 0. The number of para-hydroxylation sites is 1. The van der Waals surface area contributed by atoms with Gasteiger partial charge in [-0.25, -0.2) is 9.97 Å². The van der Waals surface area contributed by atoms with Gasteiger partial charge in [0.2, 0.25) is 5.95 Å². The van der Waals surface area contributed by atoms with Crippen LogP contribution in [0.15, 0.2) is 42.6 Å². The summed E-state index contributed by atoms with van der Waals surface area (Å²) >= 11 is 1.65. The van der Waals surface area contributed by atoms with Crippen LogP contribution in [-0.2, 0) is 6.54 Å². The molecule has 2 aliphatic rings. The Kier molecular flexibility index (Phi) is 5.09. The largest absolute Gasteiger partial charge is 0.392 e. The molecule has 0 radical (unpaired) electrons. The SMILES string of the molecule is Cc1cccnc1CNc1nc(C)c(-c2nc3ccccc3s2)c(NC2(C)CCC3C(O)C32C)n1. The minimum atomic E-state index is -0.271. The third kappa shape index (κ3) is 3.50. The first-order valence-corrected chi connectivity index (χ1v) is 13.0. The number of aromatic nitrogens is 4. The lowest BCUT2D eigenvalue weighted by Crippen LogP contribution is -2.43. The molecule has 35 heavy (non-hydrogen) atoms. The summed E-state index contributed by atoms with van der Waals surface area (Å²) in [6.07, 6.45) is 3.54. The van der Waals surface area contributed by atoms with E-state index < -0.39 is 0 Å². The second-order valence-electron chi connectivity index (χ2n) is 10.3. The van der Waals surface area contributed by atoms with E-state index in [-0.39, 0.29) is 17.1 Å². The highest BCUT2D eigenvalue weighted by molar-refractivity contribution is 7.21. The second-order valence-corrected chi connectivity index (χ2v) is 11.3. The van der Waals surface area contributed by atoms with E-state index in [2.05, 4.69) is 48.5 Å². The highest BCUT2D eigenvalue weighted by atomic mass is 32.1. The molecule has 3 N–H and O–H groups in total. The van der Waals surface area contributed by atoms with E-state index in [1.807, 2.05) is 31.2 Å². The Morgan fingerprint density at radius 3 is 2.66 bits per heavy atom. The predicted molar refractivity (Wildman–Crippen MR) is 141 cm³/mol. The van der Waals surface area contributed by atoms with E-state index >= 15 is 0 Å². The quantitative estimate of drug-likeness (QED) is 0.339. The van der Waals surface area contributed by atoms with Crippen LogP contribution in [0.3, 0.4) is 0 Å². The molecule has 1 aromatic carbocycles. The molecule has 3 heterocycles. The first-order chi connectivity index (χ1) is 16.8. The van der Waals surface area contributed by atoms with Gasteiger partial charge in [-0.15, -0.1) is 11.3 Å². The Bertz CT molecular complexity index is 1400. The van der Waals surface area contributed by atoms with Gasteiger partial charge in [0.15, 0.2) is 0 Å². The normalized spacial score (nSPS) is 27.1. The summed E-state index contributed by atoms with van der Waals surface area (Å²) in [6.45, 7) is 9.02. The van der Waals surface area contributed by atoms with Gasteiger partial charge in [0, 0.05) is 17.2 Å². The molecule has 0 bridgehead atoms. The number of aliphatic hydroxyl groups excluding tert-OH is 1. The summed E-state index contributed by atoms with van der Waals surface area (Å²) in [4.78, 5) is 19.2. The minimum absolute atomic E-state index is 0.157. The number of anilines is 2. The third-order valence-corrected chi connectivity index (χ3v) is 9.38. The molecule has 7 nitrogen and oxygen atoms in total. The van der Waals surface area contributed by atoms with Gasteiger partial charge in [-0.1, -0.05) is 25.1 Å². The number of aryl methyl sites for hydroxylation is 2. The lowest BCUT2D eigenvalue weighted by molar-refractivity contribution is 0.172. The van der Waals surface area contributed by atoms with Crippen molar-refractivity contribution < 1.29 is 5.11 Å². The van der Waals surface area contributed by atoms with Crippen molar-refractivity contribution in [1.82, 2.24) is 19.9 Å². The average molecular weight is 487 g/mol. The van der Waals surface area contributed by atoms with E-state index in [1.165, 1.54) is 0 Å². The Labute approximate surface area is 209 Å². The van der Waals surface area contributed by atoms with Crippen molar-refractivity contribution in [3.63, 3.8) is 0 Å². The summed E-state index contributed by atoms with van der Waals surface area (Å²) in [5.74, 6) is 1.67. The fourth-order valence-corrected chi connectivity index (χ4v) is 6.85. The zero-order chi connectivity index (χ0) is 24.4. The number of fused-ring (bicyclic) bond motifs is 2. The number of aliphatic hydroxyl groups is 1. The van der Waals surface area contributed by atoms with Crippen molar-refractivity contribution >= 4 is 33.3 Å². The molecule has 0 spiro atoms. The number of nitrogens with one attached hydrogen (secondary N) is 2. The average Bonchev–Trinajstić information content (AvgIpc) is 3.11. The number of hydrogen-bond acceptors (Lipinski definition) is 8.